The number of hydrogen-bond donors (Lipinski definition) is 0. The SMILES string of the molecule is CC(=O)OCC[N+]1(C)CCC(C)CC1.[I-]. The van der Waals surface area contributed by atoms with Crippen LogP contribution in [-0.2, 0) is 9.53 Å². The standard InChI is InChI=1S/C11H22NO2.HI/c1-10-4-6-12(3,7-5-10)8-9-14-11(2)13;/h10H,4-9H2,1-3H3;1H/q+1;/p-1. The summed E-state index contributed by atoms with van der Waals surface area (Å²) in [6.45, 7) is 7.77. The lowest BCUT2D eigenvalue weighted by molar-refractivity contribution is -0.915. The molecule has 1 aliphatic heterocycles. The number of piperidine rings is 1. The van der Waals surface area contributed by atoms with E-state index in [9.17, 15) is 4.79 Å². The summed E-state index contributed by atoms with van der Waals surface area (Å²) in [5.41, 5.74) is 0. The molecule has 0 aliphatic carbocycles. The van der Waals surface area contributed by atoms with E-state index in [1.807, 2.05) is 0 Å². The van der Waals surface area contributed by atoms with Crippen molar-refractivity contribution in [3.05, 3.63) is 0 Å². The molecule has 1 fully saturated rings. The van der Waals surface area contributed by atoms with Gasteiger partial charge in [-0.15, -0.1) is 0 Å². The number of nitrogens with zero attached hydrogens (tertiary/aromatic N) is 1. The van der Waals surface area contributed by atoms with Gasteiger partial charge in [0, 0.05) is 6.92 Å². The number of likely N-dealkylation sites (tertiary alicyclic amines) is 1. The highest BCUT2D eigenvalue weighted by Gasteiger charge is 2.27. The van der Waals surface area contributed by atoms with Gasteiger partial charge in [-0.2, -0.15) is 0 Å². The van der Waals surface area contributed by atoms with Gasteiger partial charge in [-0.1, -0.05) is 6.92 Å². The van der Waals surface area contributed by atoms with E-state index >= 15 is 0 Å². The average Bonchev–Trinajstić information content (AvgIpc) is 2.10. The zero-order chi connectivity index (χ0) is 10.6. The summed E-state index contributed by atoms with van der Waals surface area (Å²) >= 11 is 0. The van der Waals surface area contributed by atoms with Gasteiger partial charge >= 0.3 is 5.97 Å². The zero-order valence-electron chi connectivity index (χ0n) is 9.96. The van der Waals surface area contributed by atoms with E-state index in [1.165, 1.54) is 32.9 Å². The second-order valence-corrected chi connectivity index (χ2v) is 4.81. The molecule has 0 unspecified atom stereocenters. The van der Waals surface area contributed by atoms with Gasteiger partial charge in [-0.3, -0.25) is 4.79 Å². The summed E-state index contributed by atoms with van der Waals surface area (Å²) in [5.74, 6) is 0.705. The maximum absolute atomic E-state index is 10.6. The molecule has 0 aromatic rings. The zero-order valence-corrected chi connectivity index (χ0v) is 12.1. The fraction of sp³-hybridized carbons (Fsp3) is 0.909. The molecule has 90 valence electrons. The van der Waals surface area contributed by atoms with E-state index < -0.39 is 0 Å². The molecule has 0 spiro atoms. The van der Waals surface area contributed by atoms with Gasteiger partial charge < -0.3 is 33.2 Å². The minimum Gasteiger partial charge on any atom is -1.00 e. The highest BCUT2D eigenvalue weighted by atomic mass is 127. The van der Waals surface area contributed by atoms with Gasteiger partial charge in [0.05, 0.1) is 20.1 Å². The smallest absolute Gasteiger partial charge is 0.302 e. The van der Waals surface area contributed by atoms with Gasteiger partial charge in [0.1, 0.15) is 13.2 Å². The van der Waals surface area contributed by atoms with Crippen molar-refractivity contribution < 1.29 is 38.0 Å². The molecule has 1 rings (SSSR count). The van der Waals surface area contributed by atoms with Gasteiger partial charge in [0.25, 0.3) is 0 Å². The average molecular weight is 327 g/mol. The summed E-state index contributed by atoms with van der Waals surface area (Å²) < 4.78 is 6.05. The Balaban J connectivity index is 0.00000196. The number of hydrogen-bond acceptors (Lipinski definition) is 2. The predicted octanol–water partition coefficient (Wildman–Crippen LogP) is -1.57. The normalized spacial score (nSPS) is 30.5. The van der Waals surface area contributed by atoms with Gasteiger partial charge in [0.15, 0.2) is 0 Å². The topological polar surface area (TPSA) is 26.3 Å². The predicted molar refractivity (Wildman–Crippen MR) is 55.8 cm³/mol. The van der Waals surface area contributed by atoms with Crippen molar-refractivity contribution in [2.75, 3.05) is 33.3 Å². The molecule has 1 saturated heterocycles. The van der Waals surface area contributed by atoms with Gasteiger partial charge in [-0.05, 0) is 18.8 Å². The molecule has 1 aliphatic rings. The first-order chi connectivity index (χ1) is 6.52. The molecule has 0 saturated carbocycles. The number of ether oxygens (including phenoxy) is 1. The Morgan fingerprint density at radius 3 is 2.40 bits per heavy atom. The van der Waals surface area contributed by atoms with Crippen molar-refractivity contribution in [2.24, 2.45) is 5.92 Å². The number of carbonyl (C=O) groups excluding carboxylic acids is 1. The number of likely N-dealkylation sites (N-methyl/N-ethyl adjacent to an activating group) is 1. The van der Waals surface area contributed by atoms with E-state index in [4.69, 9.17) is 4.74 Å². The third-order valence-electron chi connectivity index (χ3n) is 3.26. The van der Waals surface area contributed by atoms with Crippen LogP contribution < -0.4 is 24.0 Å². The highest BCUT2D eigenvalue weighted by Crippen LogP contribution is 2.20. The van der Waals surface area contributed by atoms with Crippen LogP contribution in [0, 0.1) is 5.92 Å². The maximum atomic E-state index is 10.6. The van der Waals surface area contributed by atoms with E-state index in [-0.39, 0.29) is 29.9 Å². The van der Waals surface area contributed by atoms with Crippen LogP contribution >= 0.6 is 0 Å². The van der Waals surface area contributed by atoms with Crippen LogP contribution in [0.4, 0.5) is 0 Å². The first-order valence-electron chi connectivity index (χ1n) is 5.49. The highest BCUT2D eigenvalue weighted by molar-refractivity contribution is 5.65. The number of esters is 1. The van der Waals surface area contributed by atoms with E-state index in [0.717, 1.165) is 16.9 Å². The van der Waals surface area contributed by atoms with Crippen LogP contribution in [0.25, 0.3) is 0 Å². The fourth-order valence-electron chi connectivity index (χ4n) is 1.95. The minimum atomic E-state index is -0.165. The largest absolute Gasteiger partial charge is 1.00 e. The fourth-order valence-corrected chi connectivity index (χ4v) is 1.95. The van der Waals surface area contributed by atoms with Crippen molar-refractivity contribution in [3.63, 3.8) is 0 Å². The molecule has 0 aromatic carbocycles. The second-order valence-electron chi connectivity index (χ2n) is 4.81. The number of carbonyl (C=O) groups is 1. The van der Waals surface area contributed by atoms with Crippen LogP contribution in [0.15, 0.2) is 0 Å². The van der Waals surface area contributed by atoms with Crippen LogP contribution in [0.1, 0.15) is 26.7 Å². The lowest BCUT2D eigenvalue weighted by atomic mass is 9.97. The Bertz CT molecular complexity index is 201. The molecule has 0 bridgehead atoms. The van der Waals surface area contributed by atoms with Crippen LogP contribution in [0.3, 0.4) is 0 Å². The number of quaternary nitrogens is 1. The Morgan fingerprint density at radius 1 is 1.40 bits per heavy atom. The monoisotopic (exact) mass is 327 g/mol. The van der Waals surface area contributed by atoms with Crippen LogP contribution in [0.2, 0.25) is 0 Å². The van der Waals surface area contributed by atoms with Crippen molar-refractivity contribution in [2.45, 2.75) is 26.7 Å². The quantitative estimate of drug-likeness (QED) is 0.356. The summed E-state index contributed by atoms with van der Waals surface area (Å²) in [7, 11) is 2.26. The van der Waals surface area contributed by atoms with Crippen molar-refractivity contribution in [3.8, 4) is 0 Å². The summed E-state index contributed by atoms with van der Waals surface area (Å²) in [4.78, 5) is 10.6. The summed E-state index contributed by atoms with van der Waals surface area (Å²) in [5, 5.41) is 0. The van der Waals surface area contributed by atoms with E-state index in [0.29, 0.717) is 6.61 Å². The maximum Gasteiger partial charge on any atom is 0.302 e. The third kappa shape index (κ3) is 5.70. The Labute approximate surface area is 110 Å². The third-order valence-corrected chi connectivity index (χ3v) is 3.26. The Morgan fingerprint density at radius 2 is 1.93 bits per heavy atom. The molecule has 0 radical (unpaired) electrons. The van der Waals surface area contributed by atoms with Crippen molar-refractivity contribution in [1.82, 2.24) is 0 Å². The molecular weight excluding hydrogens is 305 g/mol. The molecule has 3 nitrogen and oxygen atoms in total. The first kappa shape index (κ1) is 15.2. The van der Waals surface area contributed by atoms with Crippen molar-refractivity contribution in [1.29, 1.82) is 0 Å². The molecule has 15 heavy (non-hydrogen) atoms. The molecule has 0 aromatic heterocycles. The van der Waals surface area contributed by atoms with Crippen LogP contribution in [0.5, 0.6) is 0 Å². The van der Waals surface area contributed by atoms with E-state index in [2.05, 4.69) is 14.0 Å². The van der Waals surface area contributed by atoms with Gasteiger partial charge in [-0.25, -0.2) is 0 Å². The molecular formula is C11H22INO2. The van der Waals surface area contributed by atoms with E-state index in [1.54, 1.807) is 0 Å². The van der Waals surface area contributed by atoms with Gasteiger partial charge in [0.2, 0.25) is 0 Å². The number of halogens is 1. The Kier molecular flexibility index (Phi) is 6.75. The summed E-state index contributed by atoms with van der Waals surface area (Å²) in [6, 6.07) is 0. The lowest BCUT2D eigenvalue weighted by Crippen LogP contribution is -3.00. The second kappa shape index (κ2) is 6.68. The van der Waals surface area contributed by atoms with Crippen molar-refractivity contribution >= 4 is 5.97 Å². The first-order valence-corrected chi connectivity index (χ1v) is 5.49. The van der Waals surface area contributed by atoms with Crippen LogP contribution in [-0.4, -0.2) is 43.7 Å². The molecule has 1 heterocycles. The molecule has 4 heteroatoms. The molecule has 0 N–H and O–H groups in total. The number of rotatable bonds is 3. The molecule has 0 amide bonds. The lowest BCUT2D eigenvalue weighted by Gasteiger charge is -2.39. The minimum absolute atomic E-state index is 0. The molecule has 0 atom stereocenters. The Hall–Kier alpha value is 0.160. The summed E-state index contributed by atoms with van der Waals surface area (Å²) in [6.07, 6.45) is 2.60.